The normalized spacial score (nSPS) is 10.3. The molecule has 26 heavy (non-hydrogen) atoms. The third kappa shape index (κ3) is 4.36. The maximum atomic E-state index is 12.1. The number of rotatable bonds is 7. The van der Waals surface area contributed by atoms with E-state index in [2.05, 4.69) is 5.10 Å². The molecule has 0 N–H and O–H groups in total. The molecule has 0 unspecified atom stereocenters. The minimum absolute atomic E-state index is 0.285. The van der Waals surface area contributed by atoms with Gasteiger partial charge in [-0.2, -0.15) is 5.10 Å². The quantitative estimate of drug-likeness (QED) is 0.484. The van der Waals surface area contributed by atoms with Crippen LogP contribution in [0.4, 0.5) is 0 Å². The van der Waals surface area contributed by atoms with E-state index in [9.17, 15) is 9.59 Å². The van der Waals surface area contributed by atoms with E-state index in [1.54, 1.807) is 47.3 Å². The standard InChI is InChI=1S/C20H18N2O4/c1-25-18-5-2-4-17(12-18)19(23)14-26-20(24)16-8-6-15(7-9-16)13-22-11-3-10-21-22/h2-12H,13-14H2,1H3. The van der Waals surface area contributed by atoms with Crippen LogP contribution in [0.25, 0.3) is 0 Å². The number of hydrogen-bond acceptors (Lipinski definition) is 5. The summed E-state index contributed by atoms with van der Waals surface area (Å²) in [6, 6.07) is 15.6. The molecule has 3 rings (SSSR count). The highest BCUT2D eigenvalue weighted by atomic mass is 16.5. The first-order valence-corrected chi connectivity index (χ1v) is 8.06. The number of aromatic nitrogens is 2. The molecule has 0 aliphatic carbocycles. The van der Waals surface area contributed by atoms with Crippen molar-refractivity contribution >= 4 is 11.8 Å². The van der Waals surface area contributed by atoms with Gasteiger partial charge in [0, 0.05) is 18.0 Å². The number of carbonyl (C=O) groups excluding carboxylic acids is 2. The number of benzene rings is 2. The Balaban J connectivity index is 1.56. The molecule has 132 valence electrons. The molecule has 0 saturated heterocycles. The first-order valence-electron chi connectivity index (χ1n) is 8.06. The third-order valence-corrected chi connectivity index (χ3v) is 3.82. The summed E-state index contributed by atoms with van der Waals surface area (Å²) >= 11 is 0. The van der Waals surface area contributed by atoms with Gasteiger partial charge in [0.05, 0.1) is 19.2 Å². The van der Waals surface area contributed by atoms with Crippen LogP contribution in [0, 0.1) is 0 Å². The average molecular weight is 350 g/mol. The predicted octanol–water partition coefficient (Wildman–Crippen LogP) is 2.98. The molecule has 3 aromatic rings. The fraction of sp³-hybridized carbons (Fsp3) is 0.150. The molecule has 0 spiro atoms. The Bertz CT molecular complexity index is 886. The number of carbonyl (C=O) groups is 2. The smallest absolute Gasteiger partial charge is 0.338 e. The molecule has 0 fully saturated rings. The van der Waals surface area contributed by atoms with Crippen LogP contribution in [0.1, 0.15) is 26.3 Å². The van der Waals surface area contributed by atoms with E-state index in [0.29, 0.717) is 23.4 Å². The molecule has 6 nitrogen and oxygen atoms in total. The highest BCUT2D eigenvalue weighted by molar-refractivity contribution is 5.99. The van der Waals surface area contributed by atoms with Gasteiger partial charge < -0.3 is 9.47 Å². The van der Waals surface area contributed by atoms with Gasteiger partial charge in [0.15, 0.2) is 12.4 Å². The third-order valence-electron chi connectivity index (χ3n) is 3.82. The van der Waals surface area contributed by atoms with Gasteiger partial charge in [0.1, 0.15) is 5.75 Å². The molecule has 0 atom stereocenters. The minimum atomic E-state index is -0.535. The van der Waals surface area contributed by atoms with Crippen LogP contribution >= 0.6 is 0 Å². The van der Waals surface area contributed by atoms with Crippen LogP contribution in [0.3, 0.4) is 0 Å². The molecule has 1 aromatic heterocycles. The van der Waals surface area contributed by atoms with Crippen molar-refractivity contribution in [1.82, 2.24) is 9.78 Å². The molecular weight excluding hydrogens is 332 g/mol. The maximum Gasteiger partial charge on any atom is 0.338 e. The number of ketones is 1. The van der Waals surface area contributed by atoms with Gasteiger partial charge in [-0.3, -0.25) is 9.48 Å². The zero-order valence-electron chi connectivity index (χ0n) is 14.3. The lowest BCUT2D eigenvalue weighted by molar-refractivity contribution is 0.0474. The summed E-state index contributed by atoms with van der Waals surface area (Å²) in [5.41, 5.74) is 1.84. The monoisotopic (exact) mass is 350 g/mol. The second kappa shape index (κ2) is 8.11. The van der Waals surface area contributed by atoms with E-state index in [0.717, 1.165) is 5.56 Å². The van der Waals surface area contributed by atoms with Gasteiger partial charge in [-0.15, -0.1) is 0 Å². The van der Waals surface area contributed by atoms with Gasteiger partial charge in [-0.1, -0.05) is 24.3 Å². The Kier molecular flexibility index (Phi) is 5.43. The van der Waals surface area contributed by atoms with E-state index >= 15 is 0 Å². The average Bonchev–Trinajstić information content (AvgIpc) is 3.19. The first-order chi connectivity index (χ1) is 12.7. The van der Waals surface area contributed by atoms with Gasteiger partial charge >= 0.3 is 5.97 Å². The Labute approximate surface area is 151 Å². The molecule has 0 bridgehead atoms. The number of nitrogens with zero attached hydrogens (tertiary/aromatic N) is 2. The molecular formula is C20H18N2O4. The Morgan fingerprint density at radius 2 is 1.85 bits per heavy atom. The van der Waals surface area contributed by atoms with Crippen LogP contribution in [-0.2, 0) is 11.3 Å². The number of methoxy groups -OCH3 is 1. The van der Waals surface area contributed by atoms with Crippen LogP contribution in [0.5, 0.6) is 5.75 Å². The summed E-state index contributed by atoms with van der Waals surface area (Å²) in [6.45, 7) is 0.303. The van der Waals surface area contributed by atoms with Crippen molar-refractivity contribution < 1.29 is 19.1 Å². The van der Waals surface area contributed by atoms with E-state index in [1.807, 2.05) is 24.4 Å². The van der Waals surface area contributed by atoms with Crippen molar-refractivity contribution in [3.05, 3.63) is 83.7 Å². The fourth-order valence-electron chi connectivity index (χ4n) is 2.42. The van der Waals surface area contributed by atoms with Crippen molar-refractivity contribution in [2.24, 2.45) is 0 Å². The van der Waals surface area contributed by atoms with E-state index < -0.39 is 5.97 Å². The van der Waals surface area contributed by atoms with E-state index in [4.69, 9.17) is 9.47 Å². The van der Waals surface area contributed by atoms with E-state index in [1.165, 1.54) is 7.11 Å². The molecule has 0 saturated carbocycles. The van der Waals surface area contributed by atoms with Crippen LogP contribution in [0.2, 0.25) is 0 Å². The molecule has 6 heteroatoms. The molecule has 0 radical (unpaired) electrons. The number of hydrogen-bond donors (Lipinski definition) is 0. The predicted molar refractivity (Wildman–Crippen MR) is 95.4 cm³/mol. The molecule has 0 aliphatic heterocycles. The number of ether oxygens (including phenoxy) is 2. The van der Waals surface area contributed by atoms with Crippen LogP contribution in [0.15, 0.2) is 67.0 Å². The van der Waals surface area contributed by atoms with Gasteiger partial charge in [-0.05, 0) is 35.9 Å². The fourth-order valence-corrected chi connectivity index (χ4v) is 2.42. The van der Waals surface area contributed by atoms with Crippen molar-refractivity contribution in [1.29, 1.82) is 0 Å². The zero-order valence-corrected chi connectivity index (χ0v) is 14.3. The Morgan fingerprint density at radius 3 is 2.54 bits per heavy atom. The topological polar surface area (TPSA) is 70.4 Å². The Hall–Kier alpha value is -3.41. The number of Topliss-reactive ketones (excluding diaryl/α,β-unsaturated/α-hetero) is 1. The summed E-state index contributed by atoms with van der Waals surface area (Å²) in [7, 11) is 1.53. The van der Waals surface area contributed by atoms with Crippen LogP contribution in [-0.4, -0.2) is 35.2 Å². The molecule has 1 heterocycles. The van der Waals surface area contributed by atoms with Gasteiger partial charge in [-0.25, -0.2) is 4.79 Å². The summed E-state index contributed by atoms with van der Waals surface area (Å²) < 4.78 is 12.0. The van der Waals surface area contributed by atoms with Crippen molar-refractivity contribution in [3.63, 3.8) is 0 Å². The second-order valence-corrected chi connectivity index (χ2v) is 5.63. The highest BCUT2D eigenvalue weighted by Gasteiger charge is 2.12. The summed E-state index contributed by atoms with van der Waals surface area (Å²) in [6.07, 6.45) is 3.58. The lowest BCUT2D eigenvalue weighted by Gasteiger charge is -2.07. The molecule has 0 aliphatic rings. The van der Waals surface area contributed by atoms with Gasteiger partial charge in [0.2, 0.25) is 0 Å². The number of esters is 1. The summed E-state index contributed by atoms with van der Waals surface area (Å²) in [4.78, 5) is 24.3. The lowest BCUT2D eigenvalue weighted by Crippen LogP contribution is -2.14. The van der Waals surface area contributed by atoms with Crippen molar-refractivity contribution in [2.75, 3.05) is 13.7 Å². The highest BCUT2D eigenvalue weighted by Crippen LogP contribution is 2.13. The summed E-state index contributed by atoms with van der Waals surface area (Å²) in [5.74, 6) is -0.241. The first kappa shape index (κ1) is 17.4. The SMILES string of the molecule is COc1cccc(C(=O)COC(=O)c2ccc(Cn3cccn3)cc2)c1. The Morgan fingerprint density at radius 1 is 1.04 bits per heavy atom. The maximum absolute atomic E-state index is 12.1. The summed E-state index contributed by atoms with van der Waals surface area (Å²) in [5, 5.41) is 4.14. The van der Waals surface area contributed by atoms with Crippen molar-refractivity contribution in [3.8, 4) is 5.75 Å². The van der Waals surface area contributed by atoms with Crippen LogP contribution < -0.4 is 4.74 Å². The minimum Gasteiger partial charge on any atom is -0.497 e. The lowest BCUT2D eigenvalue weighted by atomic mass is 10.1. The molecule has 0 amide bonds. The largest absolute Gasteiger partial charge is 0.497 e. The van der Waals surface area contributed by atoms with Gasteiger partial charge in [0.25, 0.3) is 0 Å². The second-order valence-electron chi connectivity index (χ2n) is 5.63. The zero-order chi connectivity index (χ0) is 18.4. The molecule has 2 aromatic carbocycles. The van der Waals surface area contributed by atoms with Crippen molar-refractivity contribution in [2.45, 2.75) is 6.54 Å². The van der Waals surface area contributed by atoms with E-state index in [-0.39, 0.29) is 12.4 Å².